The fourth-order valence-corrected chi connectivity index (χ4v) is 3.66. The zero-order valence-corrected chi connectivity index (χ0v) is 14.9. The molecule has 0 atom stereocenters. The van der Waals surface area contributed by atoms with Crippen LogP contribution in [0.1, 0.15) is 18.1 Å². The van der Waals surface area contributed by atoms with Crippen molar-refractivity contribution in [3.63, 3.8) is 0 Å². The predicted molar refractivity (Wildman–Crippen MR) is 91.8 cm³/mol. The number of hydrogen-bond donors (Lipinski definition) is 0. The number of halogens is 1. The largest absolute Gasteiger partial charge is 0.465 e. The number of hydrogen-bond acceptors (Lipinski definition) is 5. The Kier molecular flexibility index (Phi) is 6.44. The second-order valence-electron chi connectivity index (χ2n) is 5.32. The molecule has 0 aliphatic rings. The summed E-state index contributed by atoms with van der Waals surface area (Å²) < 4.78 is 45.2. The molecule has 0 radical (unpaired) electrons. The van der Waals surface area contributed by atoms with Crippen LogP contribution in [0.2, 0.25) is 0 Å². The maximum atomic E-state index is 13.5. The summed E-state index contributed by atoms with van der Waals surface area (Å²) in [5, 5.41) is 8.93. The highest BCUT2D eigenvalue weighted by molar-refractivity contribution is 7.89. The summed E-state index contributed by atoms with van der Waals surface area (Å²) >= 11 is 0. The number of benzene rings is 2. The van der Waals surface area contributed by atoms with E-state index >= 15 is 0 Å². The van der Waals surface area contributed by atoms with Crippen molar-refractivity contribution in [3.05, 3.63) is 65.5 Å². The fraction of sp³-hybridized carbons (Fsp3) is 0.222. The van der Waals surface area contributed by atoms with E-state index in [1.807, 2.05) is 0 Å². The summed E-state index contributed by atoms with van der Waals surface area (Å²) in [6, 6.07) is 13.3. The van der Waals surface area contributed by atoms with E-state index < -0.39 is 28.4 Å². The Morgan fingerprint density at radius 2 is 1.92 bits per heavy atom. The number of carbonyl (C=O) groups is 1. The molecule has 26 heavy (non-hydrogen) atoms. The van der Waals surface area contributed by atoms with Crippen molar-refractivity contribution < 1.29 is 22.3 Å². The van der Waals surface area contributed by atoms with Crippen LogP contribution in [0.5, 0.6) is 0 Å². The molecule has 0 fully saturated rings. The average Bonchev–Trinajstić information content (AvgIpc) is 2.62. The van der Waals surface area contributed by atoms with Crippen LogP contribution in [0, 0.1) is 17.1 Å². The number of ether oxygens (including phenoxy) is 1. The van der Waals surface area contributed by atoms with E-state index in [0.29, 0.717) is 5.56 Å². The normalized spacial score (nSPS) is 11.2. The Morgan fingerprint density at radius 3 is 2.54 bits per heavy atom. The van der Waals surface area contributed by atoms with Gasteiger partial charge >= 0.3 is 5.97 Å². The van der Waals surface area contributed by atoms with Crippen LogP contribution in [-0.4, -0.2) is 31.8 Å². The van der Waals surface area contributed by atoms with Gasteiger partial charge in [-0.05, 0) is 30.7 Å². The lowest BCUT2D eigenvalue weighted by molar-refractivity contribution is -0.143. The van der Waals surface area contributed by atoms with Gasteiger partial charge in [0, 0.05) is 6.54 Å². The molecule has 136 valence electrons. The van der Waals surface area contributed by atoms with E-state index in [0.717, 1.165) is 22.5 Å². The minimum absolute atomic E-state index is 0.0682. The van der Waals surface area contributed by atoms with Crippen molar-refractivity contribution in [2.24, 2.45) is 0 Å². The molecular weight excluding hydrogens is 359 g/mol. The molecule has 8 heteroatoms. The summed E-state index contributed by atoms with van der Waals surface area (Å²) in [5.74, 6) is -1.51. The summed E-state index contributed by atoms with van der Waals surface area (Å²) in [4.78, 5) is 11.6. The van der Waals surface area contributed by atoms with Gasteiger partial charge in [0.25, 0.3) is 0 Å². The van der Waals surface area contributed by atoms with E-state index in [2.05, 4.69) is 0 Å². The topological polar surface area (TPSA) is 87.5 Å². The van der Waals surface area contributed by atoms with E-state index in [-0.39, 0.29) is 23.6 Å². The minimum atomic E-state index is -4.15. The number of carbonyl (C=O) groups excluding carboxylic acids is 1. The minimum Gasteiger partial charge on any atom is -0.465 e. The zero-order valence-electron chi connectivity index (χ0n) is 14.1. The Bertz CT molecular complexity index is 924. The summed E-state index contributed by atoms with van der Waals surface area (Å²) in [6.07, 6.45) is 0. The summed E-state index contributed by atoms with van der Waals surface area (Å²) in [7, 11) is -4.15. The van der Waals surface area contributed by atoms with Crippen LogP contribution >= 0.6 is 0 Å². The highest BCUT2D eigenvalue weighted by atomic mass is 32.2. The van der Waals surface area contributed by atoms with E-state index in [1.165, 1.54) is 0 Å². The van der Waals surface area contributed by atoms with Gasteiger partial charge in [-0.25, -0.2) is 12.8 Å². The molecule has 0 saturated heterocycles. The number of esters is 1. The molecule has 0 aliphatic heterocycles. The zero-order chi connectivity index (χ0) is 19.2. The predicted octanol–water partition coefficient (Wildman–Crippen LogP) is 2.45. The van der Waals surface area contributed by atoms with Crippen molar-refractivity contribution >= 4 is 16.0 Å². The third kappa shape index (κ3) is 4.65. The van der Waals surface area contributed by atoms with Crippen LogP contribution in [0.3, 0.4) is 0 Å². The van der Waals surface area contributed by atoms with Crippen LogP contribution < -0.4 is 0 Å². The molecule has 0 saturated carbocycles. The van der Waals surface area contributed by atoms with Gasteiger partial charge in [0.1, 0.15) is 18.4 Å². The quantitative estimate of drug-likeness (QED) is 0.693. The first-order chi connectivity index (χ1) is 12.4. The highest BCUT2D eigenvalue weighted by Crippen LogP contribution is 2.21. The lowest BCUT2D eigenvalue weighted by atomic mass is 10.2. The van der Waals surface area contributed by atoms with Gasteiger partial charge in [-0.15, -0.1) is 0 Å². The Morgan fingerprint density at radius 1 is 1.23 bits per heavy atom. The molecule has 0 bridgehead atoms. The molecular formula is C18H17FN2O4S. The third-order valence-electron chi connectivity index (χ3n) is 3.51. The van der Waals surface area contributed by atoms with Gasteiger partial charge in [0.2, 0.25) is 10.0 Å². The van der Waals surface area contributed by atoms with Crippen molar-refractivity contribution in [3.8, 4) is 6.07 Å². The molecule has 0 aliphatic carbocycles. The second kappa shape index (κ2) is 8.56. The first-order valence-corrected chi connectivity index (χ1v) is 9.21. The van der Waals surface area contributed by atoms with E-state index in [4.69, 9.17) is 10.00 Å². The smallest absolute Gasteiger partial charge is 0.321 e. The molecule has 0 unspecified atom stereocenters. The lowest BCUT2D eigenvalue weighted by Gasteiger charge is -2.21. The van der Waals surface area contributed by atoms with Crippen molar-refractivity contribution in [1.82, 2.24) is 4.31 Å². The fourth-order valence-electron chi connectivity index (χ4n) is 2.26. The SMILES string of the molecule is CCOC(=O)CN(Cc1ccccc1)S(=O)(=O)c1ccc(F)c(C#N)c1. The molecule has 0 spiro atoms. The maximum absolute atomic E-state index is 13.5. The van der Waals surface area contributed by atoms with Crippen LogP contribution in [-0.2, 0) is 26.1 Å². The molecule has 6 nitrogen and oxygen atoms in total. The first-order valence-electron chi connectivity index (χ1n) is 7.77. The monoisotopic (exact) mass is 376 g/mol. The standard InChI is InChI=1S/C18H17FN2O4S/c1-2-25-18(22)13-21(12-14-6-4-3-5-7-14)26(23,24)16-8-9-17(19)15(10-16)11-20/h3-10H,2,12-13H2,1H3. The molecule has 0 amide bonds. The number of nitriles is 1. The Balaban J connectivity index is 2.41. The van der Waals surface area contributed by atoms with Gasteiger partial charge in [-0.1, -0.05) is 30.3 Å². The van der Waals surface area contributed by atoms with Crippen LogP contribution in [0.25, 0.3) is 0 Å². The third-order valence-corrected chi connectivity index (χ3v) is 5.30. The molecule has 0 N–H and O–H groups in total. The summed E-state index contributed by atoms with van der Waals surface area (Å²) in [6.45, 7) is 1.17. The van der Waals surface area contributed by atoms with Gasteiger partial charge in [0.15, 0.2) is 0 Å². The number of nitrogens with zero attached hydrogens (tertiary/aromatic N) is 2. The Hall–Kier alpha value is -2.76. The van der Waals surface area contributed by atoms with Gasteiger partial charge in [-0.3, -0.25) is 4.79 Å². The molecule has 0 aromatic heterocycles. The maximum Gasteiger partial charge on any atom is 0.321 e. The van der Waals surface area contributed by atoms with Gasteiger partial charge in [0.05, 0.1) is 17.1 Å². The Labute approximate surface area is 151 Å². The van der Waals surface area contributed by atoms with Crippen molar-refractivity contribution in [2.45, 2.75) is 18.4 Å². The molecule has 2 rings (SSSR count). The van der Waals surface area contributed by atoms with Gasteiger partial charge in [-0.2, -0.15) is 9.57 Å². The van der Waals surface area contributed by atoms with Gasteiger partial charge < -0.3 is 4.74 Å². The lowest BCUT2D eigenvalue weighted by Crippen LogP contribution is -2.36. The molecule has 0 heterocycles. The highest BCUT2D eigenvalue weighted by Gasteiger charge is 2.28. The van der Waals surface area contributed by atoms with Crippen molar-refractivity contribution in [2.75, 3.05) is 13.2 Å². The van der Waals surface area contributed by atoms with E-state index in [1.54, 1.807) is 43.3 Å². The molecule has 2 aromatic carbocycles. The molecule has 2 aromatic rings. The number of sulfonamides is 1. The first kappa shape index (κ1) is 19.6. The number of rotatable bonds is 7. The van der Waals surface area contributed by atoms with Crippen LogP contribution in [0.15, 0.2) is 53.4 Å². The van der Waals surface area contributed by atoms with Crippen LogP contribution in [0.4, 0.5) is 4.39 Å². The summed E-state index contributed by atoms with van der Waals surface area (Å²) in [5.41, 5.74) is 0.282. The van der Waals surface area contributed by atoms with E-state index in [9.17, 15) is 17.6 Å². The van der Waals surface area contributed by atoms with Crippen molar-refractivity contribution in [1.29, 1.82) is 5.26 Å². The second-order valence-corrected chi connectivity index (χ2v) is 7.26. The average molecular weight is 376 g/mol.